The van der Waals surface area contributed by atoms with E-state index in [0.29, 0.717) is 4.47 Å². The molecule has 0 aliphatic rings. The molecule has 0 saturated carbocycles. The Balaban J connectivity index is 1.95. The fourth-order valence-electron chi connectivity index (χ4n) is 2.09. The molecule has 0 aliphatic carbocycles. The highest BCUT2D eigenvalue weighted by molar-refractivity contribution is 9.11. The zero-order valence-corrected chi connectivity index (χ0v) is 15.8. The van der Waals surface area contributed by atoms with Crippen LogP contribution in [0.1, 0.15) is 15.9 Å². The van der Waals surface area contributed by atoms with Crippen LogP contribution in [-0.4, -0.2) is 25.9 Å². The van der Waals surface area contributed by atoms with Crippen LogP contribution in [0.5, 0.6) is 0 Å². The monoisotopic (exact) mass is 489 g/mol. The molecule has 2 aromatic heterocycles. The number of benzene rings is 1. The second kappa shape index (κ2) is 7.16. The van der Waals surface area contributed by atoms with Gasteiger partial charge in [0.25, 0.3) is 5.91 Å². The molecule has 26 heavy (non-hydrogen) atoms. The molecule has 3 rings (SSSR count). The number of carbonyl (C=O) groups excluding carboxylic acids is 1. The number of halogens is 5. The molecule has 1 N–H and O–H groups in total. The summed E-state index contributed by atoms with van der Waals surface area (Å²) in [5.74, 6) is -1.06. The smallest absolute Gasteiger partial charge is 0.321 e. The van der Waals surface area contributed by atoms with Gasteiger partial charge in [-0.3, -0.25) is 4.79 Å². The first-order valence-corrected chi connectivity index (χ1v) is 8.54. The summed E-state index contributed by atoms with van der Waals surface area (Å²) in [6.45, 7) is 0. The summed E-state index contributed by atoms with van der Waals surface area (Å²) in [5, 5.41) is 9.73. The predicted octanol–water partition coefficient (Wildman–Crippen LogP) is 4.46. The number of aromatic nitrogens is 4. The molecule has 3 aromatic rings. The van der Waals surface area contributed by atoms with E-state index in [1.807, 2.05) is 0 Å². The lowest BCUT2D eigenvalue weighted by Crippen LogP contribution is -2.17. The zero-order chi connectivity index (χ0) is 18.9. The maximum Gasteiger partial charge on any atom is 0.420 e. The van der Waals surface area contributed by atoms with Crippen molar-refractivity contribution >= 4 is 43.5 Å². The molecule has 0 saturated heterocycles. The number of hydrogen-bond donors (Lipinski definition) is 1. The number of anilines is 1. The fourth-order valence-corrected chi connectivity index (χ4v) is 3.32. The van der Waals surface area contributed by atoms with Gasteiger partial charge in [0.15, 0.2) is 5.82 Å². The molecule has 0 bridgehead atoms. The van der Waals surface area contributed by atoms with Gasteiger partial charge in [0, 0.05) is 8.95 Å². The number of nitrogens with zero attached hydrogens (tertiary/aromatic N) is 4. The third-order valence-corrected chi connectivity index (χ3v) is 4.36. The molecule has 134 valence electrons. The van der Waals surface area contributed by atoms with Crippen LogP contribution < -0.4 is 5.32 Å². The molecule has 0 unspecified atom stereocenters. The van der Waals surface area contributed by atoms with Crippen molar-refractivity contribution in [2.75, 3.05) is 5.32 Å². The van der Waals surface area contributed by atoms with Gasteiger partial charge in [-0.15, -0.1) is 4.80 Å². The third-order valence-electron chi connectivity index (χ3n) is 3.21. The second-order valence-electron chi connectivity index (χ2n) is 4.99. The van der Waals surface area contributed by atoms with Gasteiger partial charge < -0.3 is 5.32 Å². The number of amides is 1. The standard InChI is InChI=1S/C15H8Br2F3N5O/c16-8-1-2-10(12(17)5-8)14(26)24-9-6-11(15(18,19)20)13(21-7-9)25-22-3-4-23-25/h1-7H,(H,24,26). The summed E-state index contributed by atoms with van der Waals surface area (Å²) < 4.78 is 41.3. The molecular weight excluding hydrogens is 483 g/mol. The minimum Gasteiger partial charge on any atom is -0.321 e. The quantitative estimate of drug-likeness (QED) is 0.588. The Kier molecular flexibility index (Phi) is 5.10. The Bertz CT molecular complexity index is 960. The van der Waals surface area contributed by atoms with Crippen molar-refractivity contribution in [2.24, 2.45) is 0 Å². The van der Waals surface area contributed by atoms with Crippen molar-refractivity contribution in [3.63, 3.8) is 0 Å². The largest absolute Gasteiger partial charge is 0.420 e. The van der Waals surface area contributed by atoms with Crippen molar-refractivity contribution in [3.8, 4) is 5.82 Å². The highest BCUT2D eigenvalue weighted by atomic mass is 79.9. The van der Waals surface area contributed by atoms with E-state index in [0.717, 1.165) is 21.5 Å². The first-order chi connectivity index (χ1) is 12.3. The lowest BCUT2D eigenvalue weighted by molar-refractivity contribution is -0.137. The second-order valence-corrected chi connectivity index (χ2v) is 6.76. The van der Waals surface area contributed by atoms with Crippen LogP contribution in [0.15, 0.2) is 51.8 Å². The van der Waals surface area contributed by atoms with Crippen molar-refractivity contribution in [3.05, 3.63) is 62.9 Å². The Morgan fingerprint density at radius 3 is 2.42 bits per heavy atom. The number of pyridine rings is 1. The zero-order valence-electron chi connectivity index (χ0n) is 12.6. The molecule has 0 spiro atoms. The average molecular weight is 491 g/mol. The Hall–Kier alpha value is -2.27. The summed E-state index contributed by atoms with van der Waals surface area (Å²) in [7, 11) is 0. The number of alkyl halides is 3. The normalized spacial score (nSPS) is 11.4. The van der Waals surface area contributed by atoms with Crippen LogP contribution in [0.2, 0.25) is 0 Å². The predicted molar refractivity (Wildman–Crippen MR) is 94.0 cm³/mol. The number of hydrogen-bond acceptors (Lipinski definition) is 4. The highest BCUT2D eigenvalue weighted by Gasteiger charge is 2.36. The van der Waals surface area contributed by atoms with Gasteiger partial charge in [0.2, 0.25) is 0 Å². The molecule has 0 aliphatic heterocycles. The van der Waals surface area contributed by atoms with E-state index in [9.17, 15) is 18.0 Å². The third kappa shape index (κ3) is 3.93. The molecule has 0 fully saturated rings. The Morgan fingerprint density at radius 1 is 1.12 bits per heavy atom. The maximum atomic E-state index is 13.4. The molecule has 11 heteroatoms. The first kappa shape index (κ1) is 18.5. The van der Waals surface area contributed by atoms with Gasteiger partial charge in [0.1, 0.15) is 5.56 Å². The van der Waals surface area contributed by atoms with Gasteiger partial charge in [-0.05, 0) is 40.2 Å². The van der Waals surface area contributed by atoms with E-state index in [2.05, 4.69) is 52.4 Å². The van der Waals surface area contributed by atoms with Crippen molar-refractivity contribution in [1.82, 2.24) is 20.0 Å². The number of rotatable bonds is 3. The molecule has 1 amide bonds. The molecular formula is C15H8Br2F3N5O. The van der Waals surface area contributed by atoms with Gasteiger partial charge >= 0.3 is 6.18 Å². The summed E-state index contributed by atoms with van der Waals surface area (Å²) in [6, 6.07) is 5.62. The summed E-state index contributed by atoms with van der Waals surface area (Å²) in [6.07, 6.45) is -1.11. The molecule has 1 aromatic carbocycles. The van der Waals surface area contributed by atoms with Crippen LogP contribution >= 0.6 is 31.9 Å². The van der Waals surface area contributed by atoms with Crippen LogP contribution in [0.4, 0.5) is 18.9 Å². The van der Waals surface area contributed by atoms with Gasteiger partial charge in [-0.1, -0.05) is 15.9 Å². The minimum atomic E-state index is -4.70. The lowest BCUT2D eigenvalue weighted by atomic mass is 10.2. The Morgan fingerprint density at radius 2 is 1.81 bits per heavy atom. The molecule has 2 heterocycles. The topological polar surface area (TPSA) is 72.7 Å². The van der Waals surface area contributed by atoms with Crippen LogP contribution in [0.3, 0.4) is 0 Å². The molecule has 0 radical (unpaired) electrons. The first-order valence-electron chi connectivity index (χ1n) is 6.96. The van der Waals surface area contributed by atoms with E-state index in [-0.39, 0.29) is 11.3 Å². The average Bonchev–Trinajstić information content (AvgIpc) is 3.08. The molecule has 6 nitrogen and oxygen atoms in total. The van der Waals surface area contributed by atoms with Crippen molar-refractivity contribution < 1.29 is 18.0 Å². The number of nitrogens with one attached hydrogen (secondary N) is 1. The minimum absolute atomic E-state index is 0.104. The van der Waals surface area contributed by atoms with E-state index in [1.165, 1.54) is 18.5 Å². The van der Waals surface area contributed by atoms with Crippen LogP contribution in [0.25, 0.3) is 5.82 Å². The van der Waals surface area contributed by atoms with Crippen LogP contribution in [0, 0.1) is 0 Å². The lowest BCUT2D eigenvalue weighted by Gasteiger charge is -2.13. The van der Waals surface area contributed by atoms with E-state index >= 15 is 0 Å². The van der Waals surface area contributed by atoms with Crippen molar-refractivity contribution in [1.29, 1.82) is 0 Å². The maximum absolute atomic E-state index is 13.4. The fraction of sp³-hybridized carbons (Fsp3) is 0.0667. The van der Waals surface area contributed by atoms with E-state index < -0.39 is 23.5 Å². The summed E-state index contributed by atoms with van der Waals surface area (Å²) in [4.78, 5) is 16.8. The molecule has 0 atom stereocenters. The SMILES string of the molecule is O=C(Nc1cnc(-n2nccn2)c(C(F)(F)F)c1)c1ccc(Br)cc1Br. The van der Waals surface area contributed by atoms with Gasteiger partial charge in [0.05, 0.1) is 29.8 Å². The van der Waals surface area contributed by atoms with E-state index in [1.54, 1.807) is 12.1 Å². The number of carbonyl (C=O) groups is 1. The summed E-state index contributed by atoms with van der Waals surface area (Å²) >= 11 is 6.50. The van der Waals surface area contributed by atoms with Crippen molar-refractivity contribution in [2.45, 2.75) is 6.18 Å². The van der Waals surface area contributed by atoms with E-state index in [4.69, 9.17) is 0 Å². The highest BCUT2D eigenvalue weighted by Crippen LogP contribution is 2.34. The Labute approximate surface area is 161 Å². The van der Waals surface area contributed by atoms with Gasteiger partial charge in [-0.2, -0.15) is 23.4 Å². The summed E-state index contributed by atoms with van der Waals surface area (Å²) in [5.41, 5.74) is -0.908. The van der Waals surface area contributed by atoms with Gasteiger partial charge in [-0.25, -0.2) is 4.98 Å². The van der Waals surface area contributed by atoms with Crippen LogP contribution in [-0.2, 0) is 6.18 Å².